The number of aromatic nitrogens is 1. The van der Waals surface area contributed by atoms with Crippen LogP contribution in [0.3, 0.4) is 0 Å². The van der Waals surface area contributed by atoms with E-state index in [9.17, 15) is 27.5 Å². The minimum Gasteiger partial charge on any atom is -0.480 e. The molecule has 0 unspecified atom stereocenters. The van der Waals surface area contributed by atoms with E-state index in [1.807, 2.05) is 48.5 Å². The molecule has 1 N–H and O–H groups in total. The average Bonchev–Trinajstić information content (AvgIpc) is 2.99. The molecular weight excluding hydrogens is 609 g/mol. The molecule has 0 saturated heterocycles. The summed E-state index contributed by atoms with van der Waals surface area (Å²) in [7, 11) is -4.25. The maximum absolute atomic E-state index is 14.1. The van der Waals surface area contributed by atoms with Gasteiger partial charge in [-0.25, -0.2) is 22.6 Å². The number of carboxylic acids is 1. The van der Waals surface area contributed by atoms with Gasteiger partial charge in [0.15, 0.2) is 0 Å². The number of hydrogen-bond donors (Lipinski definition) is 1. The second-order valence-corrected chi connectivity index (χ2v) is 13.3. The highest BCUT2D eigenvalue weighted by Crippen LogP contribution is 2.26. The van der Waals surface area contributed by atoms with Crippen LogP contribution in [0.4, 0.5) is 15.0 Å². The molecule has 11 heteroatoms. The monoisotopic (exact) mass is 643 g/mol. The Morgan fingerprint density at radius 2 is 1.61 bits per heavy atom. The van der Waals surface area contributed by atoms with Crippen molar-refractivity contribution < 1.29 is 32.2 Å². The predicted molar refractivity (Wildman–Crippen MR) is 173 cm³/mol. The maximum atomic E-state index is 14.1. The van der Waals surface area contributed by atoms with Gasteiger partial charge in [0, 0.05) is 12.1 Å². The zero-order chi connectivity index (χ0) is 33.5. The SMILES string of the molecule is CC#Cc1cccc(-c2ccc(CN(Cc3cccc(N(CC(=O)O)C(=O)OC(C)(C)C)n3)S(=O)(=O)c3cccc(F)c3)cc2)c1. The molecular formula is C35H34FN3O6S. The number of halogens is 1. The van der Waals surface area contributed by atoms with Crippen LogP contribution in [-0.2, 0) is 32.6 Å². The molecule has 0 aliphatic heterocycles. The first-order valence-electron chi connectivity index (χ1n) is 14.3. The molecule has 0 atom stereocenters. The summed E-state index contributed by atoms with van der Waals surface area (Å²) in [6.45, 7) is 5.63. The van der Waals surface area contributed by atoms with Crippen molar-refractivity contribution in [1.82, 2.24) is 9.29 Å². The summed E-state index contributed by atoms with van der Waals surface area (Å²) in [5.41, 5.74) is 2.72. The number of amides is 1. The Bertz CT molecular complexity index is 1890. The molecule has 0 saturated carbocycles. The standard InChI is InChI=1S/C35H34FN3O6S/c1-5-9-25-10-6-11-28(20-25)27-18-16-26(17-19-27)22-38(46(43,44)31-14-7-12-29(36)21-31)23-30-13-8-15-32(37-30)39(24-33(40)41)34(42)45-35(2,3)4/h6-8,10-21H,22-24H2,1-4H3,(H,40,41). The molecule has 0 radical (unpaired) electrons. The number of nitrogens with zero attached hydrogens (tertiary/aromatic N) is 3. The number of sulfonamides is 1. The van der Waals surface area contributed by atoms with Crippen molar-refractivity contribution in [2.75, 3.05) is 11.4 Å². The Labute approximate surface area is 268 Å². The van der Waals surface area contributed by atoms with Crippen LogP contribution in [0.5, 0.6) is 0 Å². The lowest BCUT2D eigenvalue weighted by Gasteiger charge is -2.26. The lowest BCUT2D eigenvalue weighted by molar-refractivity contribution is -0.135. The summed E-state index contributed by atoms with van der Waals surface area (Å²) < 4.78 is 48.4. The van der Waals surface area contributed by atoms with Crippen LogP contribution in [0, 0.1) is 17.7 Å². The normalized spacial score (nSPS) is 11.4. The van der Waals surface area contributed by atoms with E-state index in [-0.39, 0.29) is 29.5 Å². The van der Waals surface area contributed by atoms with Crippen molar-refractivity contribution in [1.29, 1.82) is 0 Å². The van der Waals surface area contributed by atoms with Gasteiger partial charge in [0.2, 0.25) is 10.0 Å². The van der Waals surface area contributed by atoms with Gasteiger partial charge in [-0.2, -0.15) is 4.31 Å². The maximum Gasteiger partial charge on any atom is 0.416 e. The largest absolute Gasteiger partial charge is 0.480 e. The number of pyridine rings is 1. The van der Waals surface area contributed by atoms with Crippen LogP contribution in [0.2, 0.25) is 0 Å². The van der Waals surface area contributed by atoms with Gasteiger partial charge in [-0.05, 0) is 86.8 Å². The van der Waals surface area contributed by atoms with Gasteiger partial charge >= 0.3 is 12.1 Å². The van der Waals surface area contributed by atoms with E-state index in [4.69, 9.17) is 4.74 Å². The van der Waals surface area contributed by atoms with Gasteiger partial charge in [-0.15, -0.1) is 5.92 Å². The number of ether oxygens (including phenoxy) is 1. The first kappa shape index (κ1) is 33.8. The van der Waals surface area contributed by atoms with E-state index >= 15 is 0 Å². The Morgan fingerprint density at radius 3 is 2.26 bits per heavy atom. The minimum atomic E-state index is -4.25. The molecule has 238 valence electrons. The van der Waals surface area contributed by atoms with Gasteiger partial charge in [0.25, 0.3) is 0 Å². The molecule has 0 bridgehead atoms. The van der Waals surface area contributed by atoms with Crippen molar-refractivity contribution in [3.8, 4) is 23.0 Å². The van der Waals surface area contributed by atoms with E-state index in [1.165, 1.54) is 24.3 Å². The van der Waals surface area contributed by atoms with Crippen LogP contribution < -0.4 is 4.90 Å². The van der Waals surface area contributed by atoms with Gasteiger partial charge in [-0.3, -0.25) is 9.69 Å². The number of hydrogen-bond acceptors (Lipinski definition) is 6. The molecule has 1 aromatic heterocycles. The highest BCUT2D eigenvalue weighted by atomic mass is 32.2. The van der Waals surface area contributed by atoms with Crippen LogP contribution >= 0.6 is 0 Å². The first-order chi connectivity index (χ1) is 21.7. The molecule has 0 spiro atoms. The molecule has 1 amide bonds. The van der Waals surface area contributed by atoms with E-state index < -0.39 is 40.0 Å². The lowest BCUT2D eigenvalue weighted by atomic mass is 10.0. The Kier molecular flexibility index (Phi) is 10.6. The molecule has 0 fully saturated rings. The lowest BCUT2D eigenvalue weighted by Crippen LogP contribution is -2.40. The summed E-state index contributed by atoms with van der Waals surface area (Å²) in [5, 5.41) is 9.45. The molecule has 3 aromatic carbocycles. The fourth-order valence-corrected chi connectivity index (χ4v) is 5.94. The fourth-order valence-electron chi connectivity index (χ4n) is 4.51. The van der Waals surface area contributed by atoms with Crippen molar-refractivity contribution in [3.63, 3.8) is 0 Å². The van der Waals surface area contributed by atoms with Crippen LogP contribution in [0.15, 0.2) is 95.9 Å². The molecule has 0 aliphatic rings. The summed E-state index contributed by atoms with van der Waals surface area (Å²) in [6.07, 6.45) is -0.920. The van der Waals surface area contributed by atoms with Crippen molar-refractivity contribution in [3.05, 3.63) is 114 Å². The molecule has 4 rings (SSSR count). The topological polar surface area (TPSA) is 117 Å². The van der Waals surface area contributed by atoms with Gasteiger partial charge in [0.1, 0.15) is 23.8 Å². The Hall–Kier alpha value is -5.05. The van der Waals surface area contributed by atoms with Crippen molar-refractivity contribution in [2.45, 2.75) is 51.3 Å². The van der Waals surface area contributed by atoms with Gasteiger partial charge in [-0.1, -0.05) is 54.5 Å². The molecule has 1 heterocycles. The second kappa shape index (κ2) is 14.4. The Balaban J connectivity index is 1.68. The average molecular weight is 644 g/mol. The highest BCUT2D eigenvalue weighted by Gasteiger charge is 2.29. The highest BCUT2D eigenvalue weighted by molar-refractivity contribution is 7.89. The van der Waals surface area contributed by atoms with Crippen LogP contribution in [-0.4, -0.2) is 47.0 Å². The molecule has 4 aromatic rings. The third kappa shape index (κ3) is 9.00. The molecule has 0 aliphatic carbocycles. The zero-order valence-corrected chi connectivity index (χ0v) is 26.7. The summed E-state index contributed by atoms with van der Waals surface area (Å²) >= 11 is 0. The van der Waals surface area contributed by atoms with E-state index in [2.05, 4.69) is 16.8 Å². The predicted octanol–water partition coefficient (Wildman–Crippen LogP) is 6.48. The van der Waals surface area contributed by atoms with E-state index in [1.54, 1.807) is 33.8 Å². The van der Waals surface area contributed by atoms with E-state index in [0.29, 0.717) is 5.56 Å². The summed E-state index contributed by atoms with van der Waals surface area (Å²) in [4.78, 5) is 29.5. The quantitative estimate of drug-likeness (QED) is 0.197. The molecule has 46 heavy (non-hydrogen) atoms. The number of rotatable bonds is 10. The number of carbonyl (C=O) groups excluding carboxylic acids is 1. The van der Waals surface area contributed by atoms with Crippen LogP contribution in [0.25, 0.3) is 11.1 Å². The van der Waals surface area contributed by atoms with Gasteiger partial charge < -0.3 is 9.84 Å². The summed E-state index contributed by atoms with van der Waals surface area (Å²) in [6, 6.07) is 24.4. The Morgan fingerprint density at radius 1 is 0.913 bits per heavy atom. The number of aliphatic carboxylic acids is 1. The first-order valence-corrected chi connectivity index (χ1v) is 15.8. The second-order valence-electron chi connectivity index (χ2n) is 11.3. The van der Waals surface area contributed by atoms with Crippen molar-refractivity contribution >= 4 is 27.9 Å². The number of benzene rings is 3. The third-order valence-corrected chi connectivity index (χ3v) is 8.31. The number of carbonyl (C=O) groups is 2. The van der Waals surface area contributed by atoms with Gasteiger partial charge in [0.05, 0.1) is 17.1 Å². The zero-order valence-electron chi connectivity index (χ0n) is 25.9. The number of carboxylic acid groups (broad SMARTS) is 1. The smallest absolute Gasteiger partial charge is 0.416 e. The van der Waals surface area contributed by atoms with Crippen molar-refractivity contribution in [2.24, 2.45) is 0 Å². The van der Waals surface area contributed by atoms with E-state index in [0.717, 1.165) is 38.0 Å². The minimum absolute atomic E-state index is 0.0309. The fraction of sp³-hybridized carbons (Fsp3) is 0.229. The van der Waals surface area contributed by atoms with Crippen LogP contribution in [0.1, 0.15) is 44.5 Å². The molecule has 9 nitrogen and oxygen atoms in total. The number of anilines is 1. The summed E-state index contributed by atoms with van der Waals surface area (Å²) in [5.74, 6) is 3.89. The third-order valence-electron chi connectivity index (χ3n) is 6.53.